The molecule has 1 unspecified atom stereocenters. The monoisotopic (exact) mass is 354 g/mol. The maximum Gasteiger partial charge on any atom is 0.208 e. The quantitative estimate of drug-likeness (QED) is 0.665. The molecule has 8 heteroatoms. The fraction of sp³-hybridized carbons (Fsp3) is 0.353. The molecule has 1 aliphatic rings. The number of piperazine rings is 1. The third-order valence-corrected chi connectivity index (χ3v) is 5.55. The molecule has 0 radical (unpaired) electrons. The van der Waals surface area contributed by atoms with Gasteiger partial charge in [0.25, 0.3) is 0 Å². The highest BCUT2D eigenvalue weighted by atomic mass is 32.1. The molecule has 3 heterocycles. The summed E-state index contributed by atoms with van der Waals surface area (Å²) in [7, 11) is 0. The van der Waals surface area contributed by atoms with Gasteiger partial charge in [0.15, 0.2) is 11.3 Å². The Hall–Kier alpha value is -2.45. The molecule has 128 valence electrons. The van der Waals surface area contributed by atoms with E-state index in [0.29, 0.717) is 11.0 Å². The van der Waals surface area contributed by atoms with Crippen LogP contribution in [0.25, 0.3) is 11.0 Å². The van der Waals surface area contributed by atoms with E-state index in [1.165, 1.54) is 16.9 Å². The van der Waals surface area contributed by atoms with Crippen LogP contribution in [0.3, 0.4) is 0 Å². The van der Waals surface area contributed by atoms with Gasteiger partial charge in [0, 0.05) is 44.6 Å². The predicted molar refractivity (Wildman–Crippen MR) is 97.0 cm³/mol. The maximum atomic E-state index is 10.8. The van der Waals surface area contributed by atoms with Gasteiger partial charge in [0.05, 0.1) is 11.0 Å². The number of hydrogen-bond donors (Lipinski definition) is 0. The van der Waals surface area contributed by atoms with E-state index in [1.807, 2.05) is 6.07 Å². The van der Waals surface area contributed by atoms with Gasteiger partial charge >= 0.3 is 0 Å². The van der Waals surface area contributed by atoms with E-state index in [0.717, 1.165) is 48.6 Å². The van der Waals surface area contributed by atoms with Gasteiger partial charge in [-0.05, 0) is 24.6 Å². The van der Waals surface area contributed by atoms with E-state index in [2.05, 4.69) is 49.0 Å². The molecule has 1 aromatic carbocycles. The number of carbonyl (C=O) groups excluding carboxylic acids is 1. The lowest BCUT2D eigenvalue weighted by Gasteiger charge is -2.38. The average Bonchev–Trinajstić information content (AvgIpc) is 3.16. The molecule has 1 atom stereocenters. The number of benzene rings is 1. The summed E-state index contributed by atoms with van der Waals surface area (Å²) < 4.78 is 0. The third-order valence-electron chi connectivity index (χ3n) is 4.64. The van der Waals surface area contributed by atoms with E-state index in [9.17, 15) is 4.79 Å². The second kappa shape index (κ2) is 6.81. The average molecular weight is 354 g/mol. The number of fused-ring (bicyclic) bond motifs is 1. The van der Waals surface area contributed by atoms with Crippen molar-refractivity contribution in [3.05, 3.63) is 41.2 Å². The first kappa shape index (κ1) is 16.0. The molecule has 0 saturated carbocycles. The van der Waals surface area contributed by atoms with Crippen molar-refractivity contribution in [2.45, 2.75) is 13.0 Å². The molecule has 7 nitrogen and oxygen atoms in total. The first-order valence-corrected chi connectivity index (χ1v) is 9.04. The van der Waals surface area contributed by atoms with Crippen LogP contribution < -0.4 is 4.90 Å². The summed E-state index contributed by atoms with van der Waals surface area (Å²) >= 11 is 1.35. The Bertz CT molecular complexity index is 889. The van der Waals surface area contributed by atoms with Gasteiger partial charge in [-0.1, -0.05) is 17.4 Å². The van der Waals surface area contributed by atoms with Crippen LogP contribution in [0, 0.1) is 0 Å². The molecule has 4 rings (SSSR count). The standard InChI is InChI=1S/C17H18N6OS/c1-12(13-2-3-14-15(10-13)19-5-4-18-14)22-6-8-23(9-7-22)17-21-20-16(11-24)25-17/h2-5,10-12H,6-9H2,1H3. The van der Waals surface area contributed by atoms with Crippen LogP contribution >= 0.6 is 11.3 Å². The van der Waals surface area contributed by atoms with Crippen LogP contribution in [0.2, 0.25) is 0 Å². The number of carbonyl (C=O) groups is 1. The smallest absolute Gasteiger partial charge is 0.208 e. The fourth-order valence-electron chi connectivity index (χ4n) is 3.15. The second-order valence-electron chi connectivity index (χ2n) is 6.04. The lowest BCUT2D eigenvalue weighted by Crippen LogP contribution is -2.47. The van der Waals surface area contributed by atoms with E-state index in [1.54, 1.807) is 12.4 Å². The summed E-state index contributed by atoms with van der Waals surface area (Å²) in [6, 6.07) is 6.61. The van der Waals surface area contributed by atoms with Crippen LogP contribution in [0.1, 0.15) is 28.3 Å². The SMILES string of the molecule is CC(c1ccc2nccnc2c1)N1CCN(c2nnc(C=O)s2)CC1. The van der Waals surface area contributed by atoms with Gasteiger partial charge in [-0.2, -0.15) is 0 Å². The van der Waals surface area contributed by atoms with Crippen molar-refractivity contribution >= 4 is 33.8 Å². The highest BCUT2D eigenvalue weighted by Gasteiger charge is 2.24. The molecular weight excluding hydrogens is 336 g/mol. The number of rotatable bonds is 4. The van der Waals surface area contributed by atoms with Crippen LogP contribution in [0.5, 0.6) is 0 Å². The molecule has 3 aromatic rings. The van der Waals surface area contributed by atoms with Crippen molar-refractivity contribution in [2.24, 2.45) is 0 Å². The summed E-state index contributed by atoms with van der Waals surface area (Å²) in [6.45, 7) is 5.87. The van der Waals surface area contributed by atoms with Crippen LogP contribution in [-0.4, -0.2) is 57.5 Å². The number of anilines is 1. The molecule has 0 aliphatic carbocycles. The zero-order chi connectivity index (χ0) is 17.2. The maximum absolute atomic E-state index is 10.8. The van der Waals surface area contributed by atoms with Crippen LogP contribution in [-0.2, 0) is 0 Å². The third kappa shape index (κ3) is 3.22. The molecule has 0 spiro atoms. The van der Waals surface area contributed by atoms with Crippen molar-refractivity contribution in [3.63, 3.8) is 0 Å². The number of aromatic nitrogens is 4. The minimum Gasteiger partial charge on any atom is -0.344 e. The topological polar surface area (TPSA) is 75.1 Å². The molecule has 2 aromatic heterocycles. The lowest BCUT2D eigenvalue weighted by atomic mass is 10.1. The van der Waals surface area contributed by atoms with Gasteiger partial charge in [0.1, 0.15) is 0 Å². The van der Waals surface area contributed by atoms with Crippen molar-refractivity contribution in [1.29, 1.82) is 0 Å². The summed E-state index contributed by atoms with van der Waals surface area (Å²) in [4.78, 5) is 24.1. The van der Waals surface area contributed by atoms with Crippen LogP contribution in [0.4, 0.5) is 5.13 Å². The normalized spacial score (nSPS) is 16.9. The van der Waals surface area contributed by atoms with Gasteiger partial charge in [-0.3, -0.25) is 19.7 Å². The van der Waals surface area contributed by atoms with E-state index < -0.39 is 0 Å². The number of aldehydes is 1. The predicted octanol–water partition coefficient (Wildman–Crippen LogP) is 2.18. The summed E-state index contributed by atoms with van der Waals surface area (Å²) in [5.41, 5.74) is 3.10. The van der Waals surface area contributed by atoms with Crippen molar-refractivity contribution in [2.75, 3.05) is 31.1 Å². The van der Waals surface area contributed by atoms with Crippen molar-refractivity contribution in [1.82, 2.24) is 25.1 Å². The lowest BCUT2D eigenvalue weighted by molar-refractivity contribution is 0.112. The Balaban J connectivity index is 1.44. The minimum absolute atomic E-state index is 0.313. The molecule has 0 amide bonds. The van der Waals surface area contributed by atoms with Gasteiger partial charge in [-0.25, -0.2) is 0 Å². The Labute approximate surface area is 149 Å². The second-order valence-corrected chi connectivity index (χ2v) is 7.03. The molecule has 0 N–H and O–H groups in total. The molecule has 1 fully saturated rings. The number of nitrogens with zero attached hydrogens (tertiary/aromatic N) is 6. The van der Waals surface area contributed by atoms with Crippen LogP contribution in [0.15, 0.2) is 30.6 Å². The zero-order valence-corrected chi connectivity index (χ0v) is 14.7. The highest BCUT2D eigenvalue weighted by Crippen LogP contribution is 2.26. The van der Waals surface area contributed by atoms with E-state index in [-0.39, 0.29) is 0 Å². The first-order chi connectivity index (χ1) is 12.2. The minimum atomic E-state index is 0.313. The van der Waals surface area contributed by atoms with Gasteiger partial charge in [-0.15, -0.1) is 10.2 Å². The van der Waals surface area contributed by atoms with E-state index >= 15 is 0 Å². The summed E-state index contributed by atoms with van der Waals surface area (Å²) in [6.07, 6.45) is 4.20. The Kier molecular flexibility index (Phi) is 4.37. The Morgan fingerprint density at radius 2 is 1.84 bits per heavy atom. The summed E-state index contributed by atoms with van der Waals surface area (Å²) in [5, 5.41) is 9.24. The van der Waals surface area contributed by atoms with Gasteiger partial charge < -0.3 is 4.90 Å². The van der Waals surface area contributed by atoms with E-state index in [4.69, 9.17) is 0 Å². The Morgan fingerprint density at radius 3 is 2.56 bits per heavy atom. The van der Waals surface area contributed by atoms with Crippen molar-refractivity contribution in [3.8, 4) is 0 Å². The number of hydrogen-bond acceptors (Lipinski definition) is 8. The zero-order valence-electron chi connectivity index (χ0n) is 13.9. The molecule has 1 saturated heterocycles. The molecule has 25 heavy (non-hydrogen) atoms. The molecule has 1 aliphatic heterocycles. The first-order valence-electron chi connectivity index (χ1n) is 8.23. The highest BCUT2D eigenvalue weighted by molar-refractivity contribution is 7.16. The Morgan fingerprint density at radius 1 is 1.08 bits per heavy atom. The van der Waals surface area contributed by atoms with Gasteiger partial charge in [0.2, 0.25) is 5.13 Å². The fourth-order valence-corrected chi connectivity index (χ4v) is 3.86. The molecular formula is C17H18N6OS. The van der Waals surface area contributed by atoms with Crippen molar-refractivity contribution < 1.29 is 4.79 Å². The molecule has 0 bridgehead atoms. The largest absolute Gasteiger partial charge is 0.344 e. The summed E-state index contributed by atoms with van der Waals surface area (Å²) in [5.74, 6) is 0.